The Labute approximate surface area is 141 Å². The largest absolute Gasteiger partial charge is 0.466 e. The summed E-state index contributed by atoms with van der Waals surface area (Å²) in [6.45, 7) is 2.11. The lowest BCUT2D eigenvalue weighted by atomic mass is 10.0. The molecule has 0 heterocycles. The van der Waals surface area contributed by atoms with Crippen LogP contribution in [0.15, 0.2) is 42.5 Å². The second kappa shape index (κ2) is 7.30. The van der Waals surface area contributed by atoms with Gasteiger partial charge in [-0.25, -0.2) is 4.79 Å². The number of carbonyl (C=O) groups is 2. The Morgan fingerprint density at radius 2 is 1.75 bits per heavy atom. The molecule has 1 aliphatic carbocycles. The number of esters is 2. The second-order valence-electron chi connectivity index (χ2n) is 5.82. The third-order valence-electron chi connectivity index (χ3n) is 4.13. The molecule has 0 amide bonds. The molecule has 2 aromatic carbocycles. The third-order valence-corrected chi connectivity index (χ3v) is 4.13. The fourth-order valence-electron chi connectivity index (χ4n) is 2.99. The summed E-state index contributed by atoms with van der Waals surface area (Å²) in [5.74, 6) is -0.274. The van der Waals surface area contributed by atoms with Gasteiger partial charge in [0.05, 0.1) is 18.6 Å². The minimum absolute atomic E-state index is 0.110. The van der Waals surface area contributed by atoms with Crippen LogP contribution in [0, 0.1) is 0 Å². The Bertz CT molecular complexity index is 750. The van der Waals surface area contributed by atoms with Crippen molar-refractivity contribution < 1.29 is 19.1 Å². The van der Waals surface area contributed by atoms with Crippen molar-refractivity contribution >= 4 is 11.9 Å². The molecule has 0 radical (unpaired) electrons. The number of aryl methyl sites for hydroxylation is 2. The lowest BCUT2D eigenvalue weighted by Gasteiger charge is -2.13. The van der Waals surface area contributed by atoms with E-state index in [1.165, 1.54) is 11.1 Å². The van der Waals surface area contributed by atoms with E-state index in [2.05, 4.69) is 0 Å². The molecular weight excluding hydrogens is 304 g/mol. The third kappa shape index (κ3) is 3.65. The molecule has 2 aromatic rings. The summed E-state index contributed by atoms with van der Waals surface area (Å²) in [6.07, 6.45) is 3.17. The minimum atomic E-state index is -0.418. The highest BCUT2D eigenvalue weighted by molar-refractivity contribution is 5.91. The molecule has 0 spiro atoms. The van der Waals surface area contributed by atoms with E-state index < -0.39 is 5.97 Å². The SMILES string of the molecule is CCOC(=O)Cc1cc2c(cc1OC(=O)c1ccccc1)CCC2. The fourth-order valence-corrected chi connectivity index (χ4v) is 2.99. The average Bonchev–Trinajstić information content (AvgIpc) is 3.03. The molecule has 0 saturated carbocycles. The molecule has 0 bridgehead atoms. The van der Waals surface area contributed by atoms with Gasteiger partial charge in [-0.05, 0) is 55.5 Å². The van der Waals surface area contributed by atoms with E-state index in [9.17, 15) is 9.59 Å². The predicted octanol–water partition coefficient (Wildman–Crippen LogP) is 3.50. The van der Waals surface area contributed by atoms with Crippen molar-refractivity contribution in [3.05, 3.63) is 64.7 Å². The van der Waals surface area contributed by atoms with E-state index in [1.807, 2.05) is 18.2 Å². The zero-order chi connectivity index (χ0) is 16.9. The first kappa shape index (κ1) is 16.2. The van der Waals surface area contributed by atoms with Gasteiger partial charge >= 0.3 is 11.9 Å². The second-order valence-corrected chi connectivity index (χ2v) is 5.82. The lowest BCUT2D eigenvalue weighted by Crippen LogP contribution is -2.13. The average molecular weight is 324 g/mol. The number of hydrogen-bond acceptors (Lipinski definition) is 4. The molecule has 0 saturated heterocycles. The van der Waals surface area contributed by atoms with Crippen LogP contribution in [0.2, 0.25) is 0 Å². The Hall–Kier alpha value is -2.62. The monoisotopic (exact) mass is 324 g/mol. The lowest BCUT2D eigenvalue weighted by molar-refractivity contribution is -0.142. The molecule has 0 fully saturated rings. The number of benzene rings is 2. The summed E-state index contributed by atoms with van der Waals surface area (Å²) in [5.41, 5.74) is 3.62. The van der Waals surface area contributed by atoms with Crippen molar-refractivity contribution in [1.82, 2.24) is 0 Å². The maximum absolute atomic E-state index is 12.3. The van der Waals surface area contributed by atoms with Crippen molar-refractivity contribution in [3.63, 3.8) is 0 Å². The first-order valence-electron chi connectivity index (χ1n) is 8.25. The Morgan fingerprint density at radius 3 is 2.46 bits per heavy atom. The van der Waals surface area contributed by atoms with Crippen molar-refractivity contribution in [2.75, 3.05) is 6.61 Å². The van der Waals surface area contributed by atoms with Crippen molar-refractivity contribution in [2.24, 2.45) is 0 Å². The predicted molar refractivity (Wildman–Crippen MR) is 90.2 cm³/mol. The van der Waals surface area contributed by atoms with Gasteiger partial charge in [0.15, 0.2) is 0 Å². The maximum atomic E-state index is 12.3. The summed E-state index contributed by atoms with van der Waals surface area (Å²) in [6, 6.07) is 12.7. The maximum Gasteiger partial charge on any atom is 0.343 e. The molecule has 1 aliphatic rings. The molecule has 124 valence electrons. The van der Waals surface area contributed by atoms with Gasteiger partial charge in [0, 0.05) is 5.56 Å². The van der Waals surface area contributed by atoms with Crippen LogP contribution >= 0.6 is 0 Å². The molecule has 3 rings (SSSR count). The van der Waals surface area contributed by atoms with E-state index >= 15 is 0 Å². The summed E-state index contributed by atoms with van der Waals surface area (Å²) in [4.78, 5) is 24.2. The van der Waals surface area contributed by atoms with Crippen molar-refractivity contribution in [2.45, 2.75) is 32.6 Å². The van der Waals surface area contributed by atoms with Gasteiger partial charge in [0.2, 0.25) is 0 Å². The molecule has 0 N–H and O–H groups in total. The molecule has 4 nitrogen and oxygen atoms in total. The number of hydrogen-bond donors (Lipinski definition) is 0. The fraction of sp³-hybridized carbons (Fsp3) is 0.300. The van der Waals surface area contributed by atoms with Crippen LogP contribution in [0.5, 0.6) is 5.75 Å². The van der Waals surface area contributed by atoms with Gasteiger partial charge in [0.1, 0.15) is 5.75 Å². The van der Waals surface area contributed by atoms with Crippen LogP contribution in [-0.2, 0) is 28.8 Å². The van der Waals surface area contributed by atoms with Crippen LogP contribution in [0.3, 0.4) is 0 Å². The van der Waals surface area contributed by atoms with E-state index in [0.29, 0.717) is 23.5 Å². The summed E-state index contributed by atoms with van der Waals surface area (Å²) >= 11 is 0. The summed E-state index contributed by atoms with van der Waals surface area (Å²) in [5, 5.41) is 0. The van der Waals surface area contributed by atoms with Gasteiger partial charge in [0.25, 0.3) is 0 Å². The Morgan fingerprint density at radius 1 is 1.04 bits per heavy atom. The van der Waals surface area contributed by atoms with E-state index in [0.717, 1.165) is 19.3 Å². The molecule has 0 aromatic heterocycles. The standard InChI is InChI=1S/C20H20O4/c1-2-23-19(21)13-17-11-15-9-6-10-16(15)12-18(17)24-20(22)14-7-4-3-5-8-14/h3-5,7-8,11-12H,2,6,9-10,13H2,1H3. The topological polar surface area (TPSA) is 52.6 Å². The van der Waals surface area contributed by atoms with Crippen molar-refractivity contribution in [1.29, 1.82) is 0 Å². The van der Waals surface area contributed by atoms with Crippen LogP contribution in [-0.4, -0.2) is 18.5 Å². The molecule has 0 atom stereocenters. The molecular formula is C20H20O4. The van der Waals surface area contributed by atoms with Crippen LogP contribution < -0.4 is 4.74 Å². The quantitative estimate of drug-likeness (QED) is 0.624. The number of ether oxygens (including phenoxy) is 2. The smallest absolute Gasteiger partial charge is 0.343 e. The van der Waals surface area contributed by atoms with Gasteiger partial charge < -0.3 is 9.47 Å². The van der Waals surface area contributed by atoms with Gasteiger partial charge in [-0.1, -0.05) is 24.3 Å². The minimum Gasteiger partial charge on any atom is -0.466 e. The van der Waals surface area contributed by atoms with Crippen LogP contribution in [0.25, 0.3) is 0 Å². The molecule has 0 aliphatic heterocycles. The highest BCUT2D eigenvalue weighted by atomic mass is 16.5. The molecule has 24 heavy (non-hydrogen) atoms. The Balaban J connectivity index is 1.87. The Kier molecular flexibility index (Phi) is 4.94. The first-order valence-corrected chi connectivity index (χ1v) is 8.25. The van der Waals surface area contributed by atoms with Crippen LogP contribution in [0.1, 0.15) is 40.4 Å². The normalized spacial score (nSPS) is 12.5. The highest BCUT2D eigenvalue weighted by Crippen LogP contribution is 2.31. The first-order chi connectivity index (χ1) is 11.7. The van der Waals surface area contributed by atoms with Gasteiger partial charge in [-0.2, -0.15) is 0 Å². The van der Waals surface area contributed by atoms with Crippen LogP contribution in [0.4, 0.5) is 0 Å². The van der Waals surface area contributed by atoms with E-state index in [1.54, 1.807) is 31.2 Å². The van der Waals surface area contributed by atoms with E-state index in [-0.39, 0.29) is 12.4 Å². The molecule has 4 heteroatoms. The van der Waals surface area contributed by atoms with E-state index in [4.69, 9.17) is 9.47 Å². The number of fused-ring (bicyclic) bond motifs is 1. The zero-order valence-corrected chi connectivity index (χ0v) is 13.7. The summed E-state index contributed by atoms with van der Waals surface area (Å²) in [7, 11) is 0. The van der Waals surface area contributed by atoms with Crippen molar-refractivity contribution in [3.8, 4) is 5.75 Å². The number of rotatable bonds is 5. The highest BCUT2D eigenvalue weighted by Gasteiger charge is 2.20. The summed E-state index contributed by atoms with van der Waals surface area (Å²) < 4.78 is 10.6. The van der Waals surface area contributed by atoms with Gasteiger partial charge in [-0.15, -0.1) is 0 Å². The zero-order valence-electron chi connectivity index (χ0n) is 13.7. The van der Waals surface area contributed by atoms with Gasteiger partial charge in [-0.3, -0.25) is 4.79 Å². The number of carbonyl (C=O) groups excluding carboxylic acids is 2. The molecule has 0 unspecified atom stereocenters.